The molecule has 0 aliphatic rings. The van der Waals surface area contributed by atoms with E-state index in [1.54, 1.807) is 48.7 Å². The molecule has 3 aromatic carbocycles. The molecule has 0 aliphatic carbocycles. The number of pyridine rings is 1. The molecule has 0 radical (unpaired) electrons. The van der Waals surface area contributed by atoms with E-state index in [-0.39, 0.29) is 36.4 Å². The number of alkyl halides is 3. The monoisotopic (exact) mass is 574 g/mol. The number of ether oxygens (including phenoxy) is 1. The number of aryl methyl sites for hydroxylation is 1. The van der Waals surface area contributed by atoms with E-state index in [0.717, 1.165) is 17.2 Å². The predicted octanol–water partition coefficient (Wildman–Crippen LogP) is 6.62. The topological polar surface area (TPSA) is 80.8 Å². The van der Waals surface area contributed by atoms with Crippen molar-refractivity contribution in [2.45, 2.75) is 19.7 Å². The fraction of sp³-hybridized carbons (Fsp3) is 0.0968. The zero-order valence-corrected chi connectivity index (χ0v) is 22.4. The predicted molar refractivity (Wildman–Crippen MR) is 152 cm³/mol. The van der Waals surface area contributed by atoms with E-state index in [0.29, 0.717) is 16.8 Å². The van der Waals surface area contributed by atoms with Crippen LogP contribution in [0.25, 0.3) is 22.8 Å². The van der Waals surface area contributed by atoms with Gasteiger partial charge in [-0.05, 0) is 73.2 Å². The highest BCUT2D eigenvalue weighted by atomic mass is 35.5. The molecule has 41 heavy (non-hydrogen) atoms. The maximum absolute atomic E-state index is 14.0. The zero-order valence-electron chi connectivity index (χ0n) is 21.6. The number of hydrogen-bond acceptors (Lipinski definition) is 5. The largest absolute Gasteiger partial charge is 0.487 e. The lowest BCUT2D eigenvalue weighted by atomic mass is 10.0. The Labute approximate surface area is 239 Å². The molecule has 206 valence electrons. The molecule has 0 bridgehead atoms. The molecule has 5 aromatic rings. The van der Waals surface area contributed by atoms with Crippen molar-refractivity contribution in [1.82, 2.24) is 19.9 Å². The summed E-state index contributed by atoms with van der Waals surface area (Å²) in [4.78, 5) is 27.2. The van der Waals surface area contributed by atoms with Gasteiger partial charge in [0.05, 0.1) is 16.8 Å². The van der Waals surface area contributed by atoms with E-state index in [9.17, 15) is 18.0 Å². The van der Waals surface area contributed by atoms with Crippen LogP contribution in [0.4, 0.5) is 13.2 Å². The molecule has 10 heteroatoms. The molecule has 2 aromatic heterocycles. The Kier molecular flexibility index (Phi) is 8.85. The van der Waals surface area contributed by atoms with Crippen LogP contribution in [0.5, 0.6) is 5.75 Å². The van der Waals surface area contributed by atoms with E-state index in [1.165, 1.54) is 12.1 Å². The third-order valence-corrected chi connectivity index (χ3v) is 5.83. The van der Waals surface area contributed by atoms with Crippen LogP contribution in [0.2, 0.25) is 0 Å². The smallest absolute Gasteiger partial charge is 0.417 e. The normalized spacial score (nSPS) is 10.7. The Bertz CT molecular complexity index is 1780. The highest BCUT2D eigenvalue weighted by Gasteiger charge is 2.36. The minimum absolute atomic E-state index is 0. The third kappa shape index (κ3) is 7.18. The lowest BCUT2D eigenvalue weighted by Crippen LogP contribution is -2.17. The average Bonchev–Trinajstić information content (AvgIpc) is 2.95. The lowest BCUT2D eigenvalue weighted by Gasteiger charge is -2.17. The van der Waals surface area contributed by atoms with Crippen molar-refractivity contribution >= 4 is 12.4 Å². The summed E-state index contributed by atoms with van der Waals surface area (Å²) in [5, 5.41) is 0. The molecule has 0 fully saturated rings. The van der Waals surface area contributed by atoms with E-state index < -0.39 is 23.0 Å². The van der Waals surface area contributed by atoms with Gasteiger partial charge in [-0.2, -0.15) is 18.2 Å². The SMILES string of the molecule is Cc1cccc(C#Cc2ccc(-c3nc(-c4c(OCc5ccccn5)cccc4C(F)(F)F)[nH]c(=O)n3)cc2)c1.Cl. The number of H-pyrrole nitrogens is 1. The molecule has 0 amide bonds. The van der Waals surface area contributed by atoms with Crippen LogP contribution in [0.3, 0.4) is 0 Å². The van der Waals surface area contributed by atoms with Crippen molar-refractivity contribution in [3.05, 3.63) is 130 Å². The van der Waals surface area contributed by atoms with Crippen LogP contribution in [-0.4, -0.2) is 19.9 Å². The highest BCUT2D eigenvalue weighted by molar-refractivity contribution is 5.85. The van der Waals surface area contributed by atoms with Crippen molar-refractivity contribution in [1.29, 1.82) is 0 Å². The molecule has 5 rings (SSSR count). The zero-order chi connectivity index (χ0) is 28.1. The lowest BCUT2D eigenvalue weighted by molar-refractivity contribution is -0.137. The van der Waals surface area contributed by atoms with Gasteiger partial charge >= 0.3 is 11.9 Å². The molecular weight excluding hydrogens is 553 g/mol. The number of nitrogens with one attached hydrogen (secondary N) is 1. The van der Waals surface area contributed by atoms with Gasteiger partial charge in [0.25, 0.3) is 0 Å². The number of rotatable bonds is 5. The Morgan fingerprint density at radius 3 is 2.34 bits per heavy atom. The summed E-state index contributed by atoms with van der Waals surface area (Å²) in [5.74, 6) is 5.70. The molecule has 6 nitrogen and oxygen atoms in total. The first-order valence-electron chi connectivity index (χ1n) is 12.2. The Hall–Kier alpha value is -4.94. The molecule has 0 spiro atoms. The second-order valence-electron chi connectivity index (χ2n) is 8.81. The summed E-state index contributed by atoms with van der Waals surface area (Å²) < 4.78 is 47.9. The molecular formula is C31H22ClF3N4O2. The van der Waals surface area contributed by atoms with Gasteiger partial charge in [-0.3, -0.25) is 9.97 Å². The summed E-state index contributed by atoms with van der Waals surface area (Å²) in [5.41, 5.74) is 1.39. The Morgan fingerprint density at radius 2 is 1.63 bits per heavy atom. The number of aromatic nitrogens is 4. The van der Waals surface area contributed by atoms with Gasteiger partial charge in [-0.25, -0.2) is 9.78 Å². The molecule has 0 saturated carbocycles. The van der Waals surface area contributed by atoms with E-state index in [2.05, 4.69) is 31.8 Å². The first-order valence-corrected chi connectivity index (χ1v) is 12.2. The van der Waals surface area contributed by atoms with Crippen molar-refractivity contribution in [2.75, 3.05) is 0 Å². The van der Waals surface area contributed by atoms with Gasteiger partial charge < -0.3 is 4.74 Å². The molecule has 0 atom stereocenters. The summed E-state index contributed by atoms with van der Waals surface area (Å²) in [6, 6.07) is 23.2. The van der Waals surface area contributed by atoms with Crippen LogP contribution in [0.15, 0.2) is 95.9 Å². The summed E-state index contributed by atoms with van der Waals surface area (Å²) in [6.45, 7) is 1.90. The van der Waals surface area contributed by atoms with E-state index in [4.69, 9.17) is 4.74 Å². The third-order valence-electron chi connectivity index (χ3n) is 5.83. The fourth-order valence-corrected chi connectivity index (χ4v) is 3.97. The van der Waals surface area contributed by atoms with Crippen LogP contribution < -0.4 is 10.4 Å². The van der Waals surface area contributed by atoms with E-state index in [1.807, 2.05) is 31.2 Å². The van der Waals surface area contributed by atoms with Gasteiger partial charge in [-0.1, -0.05) is 36.1 Å². The number of halogens is 4. The van der Waals surface area contributed by atoms with Crippen molar-refractivity contribution in [2.24, 2.45) is 0 Å². The number of hydrogen-bond donors (Lipinski definition) is 1. The van der Waals surface area contributed by atoms with Gasteiger partial charge in [-0.15, -0.1) is 12.4 Å². The van der Waals surface area contributed by atoms with Gasteiger partial charge in [0.2, 0.25) is 0 Å². The first-order chi connectivity index (χ1) is 19.3. The van der Waals surface area contributed by atoms with Gasteiger partial charge in [0, 0.05) is 22.9 Å². The maximum atomic E-state index is 14.0. The summed E-state index contributed by atoms with van der Waals surface area (Å²) in [7, 11) is 0. The molecule has 0 unspecified atom stereocenters. The number of nitrogens with zero attached hydrogens (tertiary/aromatic N) is 3. The molecule has 0 aliphatic heterocycles. The first kappa shape index (κ1) is 29.1. The number of benzene rings is 3. The van der Waals surface area contributed by atoms with Crippen LogP contribution >= 0.6 is 12.4 Å². The summed E-state index contributed by atoms with van der Waals surface area (Å²) >= 11 is 0. The standard InChI is InChI=1S/C31H21F3N4O2.ClH/c1-20-6-4-7-22(18-20)12-11-21-13-15-23(16-14-21)28-36-29(38-30(39)37-28)27-25(31(32,33)34)9-5-10-26(27)40-19-24-8-2-3-17-35-24;/h2-10,13-18H,19H2,1H3,(H,36,37,38,39);1H. The number of aromatic amines is 1. The van der Waals surface area contributed by atoms with Crippen LogP contribution in [0.1, 0.15) is 27.9 Å². The van der Waals surface area contributed by atoms with Crippen molar-refractivity contribution in [3.8, 4) is 40.4 Å². The van der Waals surface area contributed by atoms with Gasteiger partial charge in [0.1, 0.15) is 18.2 Å². The highest BCUT2D eigenvalue weighted by Crippen LogP contribution is 2.41. The Balaban J connectivity index is 0.00000387. The molecule has 1 N–H and O–H groups in total. The van der Waals surface area contributed by atoms with Gasteiger partial charge in [0.15, 0.2) is 5.82 Å². The summed E-state index contributed by atoms with van der Waals surface area (Å²) in [6.07, 6.45) is -3.18. The molecule has 2 heterocycles. The second kappa shape index (κ2) is 12.5. The van der Waals surface area contributed by atoms with Crippen LogP contribution in [0, 0.1) is 18.8 Å². The average molecular weight is 575 g/mol. The van der Waals surface area contributed by atoms with Crippen molar-refractivity contribution in [3.63, 3.8) is 0 Å². The van der Waals surface area contributed by atoms with Crippen molar-refractivity contribution < 1.29 is 17.9 Å². The van der Waals surface area contributed by atoms with Crippen LogP contribution in [-0.2, 0) is 12.8 Å². The minimum Gasteiger partial charge on any atom is -0.487 e. The Morgan fingerprint density at radius 1 is 0.878 bits per heavy atom. The fourth-order valence-electron chi connectivity index (χ4n) is 3.97. The quantitative estimate of drug-likeness (QED) is 0.239. The van der Waals surface area contributed by atoms with E-state index >= 15 is 0 Å². The minimum atomic E-state index is -4.74. The maximum Gasteiger partial charge on any atom is 0.417 e. The second-order valence-corrected chi connectivity index (χ2v) is 8.81. The molecule has 0 saturated heterocycles.